The molecule has 102 valence electrons. The maximum atomic E-state index is 11.9. The highest BCUT2D eigenvalue weighted by atomic mass is 16.2. The Labute approximate surface area is 112 Å². The standard InChI is InChI=1S/C13H19N5O/c1-3-17-12(6-9-15-17)13(19)14-7-4-10-18-11(2)5-8-16-18/h5-6,8-9H,3-4,7,10H2,1-2H3,(H,14,19). The van der Waals surface area contributed by atoms with Gasteiger partial charge in [-0.3, -0.25) is 14.2 Å². The molecule has 1 amide bonds. The van der Waals surface area contributed by atoms with Gasteiger partial charge in [-0.1, -0.05) is 0 Å². The van der Waals surface area contributed by atoms with E-state index in [0.29, 0.717) is 18.8 Å². The second kappa shape index (κ2) is 6.17. The molecule has 2 aromatic heterocycles. The molecule has 0 saturated heterocycles. The molecule has 0 aliphatic carbocycles. The van der Waals surface area contributed by atoms with Crippen LogP contribution in [0.2, 0.25) is 0 Å². The molecule has 0 unspecified atom stereocenters. The van der Waals surface area contributed by atoms with Crippen LogP contribution in [-0.4, -0.2) is 32.0 Å². The van der Waals surface area contributed by atoms with Gasteiger partial charge in [0.25, 0.3) is 5.91 Å². The van der Waals surface area contributed by atoms with Crippen LogP contribution < -0.4 is 5.32 Å². The zero-order valence-electron chi connectivity index (χ0n) is 11.3. The first-order chi connectivity index (χ1) is 9.22. The van der Waals surface area contributed by atoms with Crippen LogP contribution in [0.1, 0.15) is 29.5 Å². The van der Waals surface area contributed by atoms with Crippen molar-refractivity contribution in [2.24, 2.45) is 0 Å². The third kappa shape index (κ3) is 3.21. The van der Waals surface area contributed by atoms with Crippen LogP contribution in [-0.2, 0) is 13.1 Å². The smallest absolute Gasteiger partial charge is 0.269 e. The monoisotopic (exact) mass is 261 g/mol. The second-order valence-electron chi connectivity index (χ2n) is 4.34. The van der Waals surface area contributed by atoms with Gasteiger partial charge in [-0.2, -0.15) is 10.2 Å². The van der Waals surface area contributed by atoms with E-state index < -0.39 is 0 Å². The average Bonchev–Trinajstić information content (AvgIpc) is 3.03. The minimum Gasteiger partial charge on any atom is -0.351 e. The van der Waals surface area contributed by atoms with Crippen LogP contribution in [0.5, 0.6) is 0 Å². The molecule has 1 N–H and O–H groups in total. The Balaban J connectivity index is 1.77. The summed E-state index contributed by atoms with van der Waals surface area (Å²) in [7, 11) is 0. The van der Waals surface area contributed by atoms with Gasteiger partial charge in [0.1, 0.15) is 5.69 Å². The van der Waals surface area contributed by atoms with E-state index in [1.807, 2.05) is 24.6 Å². The Hall–Kier alpha value is -2.11. The van der Waals surface area contributed by atoms with Gasteiger partial charge in [0, 0.05) is 37.7 Å². The molecule has 6 heteroatoms. The van der Waals surface area contributed by atoms with Crippen molar-refractivity contribution in [2.75, 3.05) is 6.54 Å². The molecule has 0 aromatic carbocycles. The average molecular weight is 261 g/mol. The normalized spacial score (nSPS) is 10.6. The number of rotatable bonds is 6. The number of hydrogen-bond donors (Lipinski definition) is 1. The molecule has 19 heavy (non-hydrogen) atoms. The number of carbonyl (C=O) groups is 1. The SMILES string of the molecule is CCn1nccc1C(=O)NCCCn1nccc1C. The summed E-state index contributed by atoms with van der Waals surface area (Å²) in [5.74, 6) is -0.0727. The van der Waals surface area contributed by atoms with Crippen LogP contribution in [0.3, 0.4) is 0 Å². The molecule has 6 nitrogen and oxygen atoms in total. The van der Waals surface area contributed by atoms with Gasteiger partial charge in [0.05, 0.1) is 0 Å². The lowest BCUT2D eigenvalue weighted by Gasteiger charge is -2.07. The number of nitrogens with one attached hydrogen (secondary N) is 1. The van der Waals surface area contributed by atoms with Gasteiger partial charge in [-0.05, 0) is 32.4 Å². The van der Waals surface area contributed by atoms with Crippen LogP contribution in [0.4, 0.5) is 0 Å². The van der Waals surface area contributed by atoms with Gasteiger partial charge in [-0.25, -0.2) is 0 Å². The maximum absolute atomic E-state index is 11.9. The topological polar surface area (TPSA) is 64.7 Å². The van der Waals surface area contributed by atoms with Crippen molar-refractivity contribution in [1.29, 1.82) is 0 Å². The molecular weight excluding hydrogens is 242 g/mol. The highest BCUT2D eigenvalue weighted by Crippen LogP contribution is 1.99. The summed E-state index contributed by atoms with van der Waals surface area (Å²) >= 11 is 0. The summed E-state index contributed by atoms with van der Waals surface area (Å²) in [6.07, 6.45) is 4.29. The molecule has 0 radical (unpaired) electrons. The lowest BCUT2D eigenvalue weighted by molar-refractivity contribution is 0.0942. The predicted molar refractivity (Wildman–Crippen MR) is 71.8 cm³/mol. The van der Waals surface area contributed by atoms with Crippen molar-refractivity contribution in [3.05, 3.63) is 35.9 Å². The molecular formula is C13H19N5O. The first-order valence-electron chi connectivity index (χ1n) is 6.50. The summed E-state index contributed by atoms with van der Waals surface area (Å²) in [4.78, 5) is 11.9. The van der Waals surface area contributed by atoms with Crippen molar-refractivity contribution < 1.29 is 4.79 Å². The van der Waals surface area contributed by atoms with Crippen LogP contribution in [0.25, 0.3) is 0 Å². The third-order valence-electron chi connectivity index (χ3n) is 3.01. The Kier molecular flexibility index (Phi) is 4.33. The number of hydrogen-bond acceptors (Lipinski definition) is 3. The maximum Gasteiger partial charge on any atom is 0.269 e. The molecule has 0 aliphatic rings. The van der Waals surface area contributed by atoms with E-state index in [0.717, 1.165) is 18.7 Å². The molecule has 0 atom stereocenters. The molecule has 0 spiro atoms. The number of amides is 1. The quantitative estimate of drug-likeness (QED) is 0.795. The Bertz CT molecular complexity index is 543. The van der Waals surface area contributed by atoms with Gasteiger partial charge in [0.2, 0.25) is 0 Å². The van der Waals surface area contributed by atoms with Gasteiger partial charge in [0.15, 0.2) is 0 Å². The summed E-state index contributed by atoms with van der Waals surface area (Å²) < 4.78 is 3.62. The number of aromatic nitrogens is 4. The van der Waals surface area contributed by atoms with Crippen molar-refractivity contribution in [3.8, 4) is 0 Å². The number of carbonyl (C=O) groups excluding carboxylic acids is 1. The molecule has 2 heterocycles. The summed E-state index contributed by atoms with van der Waals surface area (Å²) in [5, 5.41) is 11.2. The van der Waals surface area contributed by atoms with Gasteiger partial charge < -0.3 is 5.32 Å². The van der Waals surface area contributed by atoms with Crippen molar-refractivity contribution >= 4 is 5.91 Å². The summed E-state index contributed by atoms with van der Waals surface area (Å²) in [6.45, 7) is 6.12. The second-order valence-corrected chi connectivity index (χ2v) is 4.34. The predicted octanol–water partition coefficient (Wildman–Crippen LogP) is 1.23. The number of nitrogens with zero attached hydrogens (tertiary/aromatic N) is 4. The fourth-order valence-electron chi connectivity index (χ4n) is 1.93. The fourth-order valence-corrected chi connectivity index (χ4v) is 1.93. The largest absolute Gasteiger partial charge is 0.351 e. The van der Waals surface area contributed by atoms with Gasteiger partial charge in [-0.15, -0.1) is 0 Å². The van der Waals surface area contributed by atoms with Crippen molar-refractivity contribution in [1.82, 2.24) is 24.9 Å². The van der Waals surface area contributed by atoms with E-state index >= 15 is 0 Å². The zero-order chi connectivity index (χ0) is 13.7. The molecule has 0 saturated carbocycles. The third-order valence-corrected chi connectivity index (χ3v) is 3.01. The molecule has 0 aliphatic heterocycles. The Morgan fingerprint density at radius 2 is 2.00 bits per heavy atom. The van der Waals surface area contributed by atoms with Gasteiger partial charge >= 0.3 is 0 Å². The highest BCUT2D eigenvalue weighted by Gasteiger charge is 2.09. The fraction of sp³-hybridized carbons (Fsp3) is 0.462. The minimum absolute atomic E-state index is 0.0727. The molecule has 0 bridgehead atoms. The highest BCUT2D eigenvalue weighted by molar-refractivity contribution is 5.92. The first kappa shape index (κ1) is 13.3. The zero-order valence-corrected chi connectivity index (χ0v) is 11.3. The minimum atomic E-state index is -0.0727. The van der Waals surface area contributed by atoms with Crippen molar-refractivity contribution in [3.63, 3.8) is 0 Å². The number of aryl methyl sites for hydroxylation is 3. The van der Waals surface area contributed by atoms with E-state index in [-0.39, 0.29) is 5.91 Å². The van der Waals surface area contributed by atoms with E-state index in [1.54, 1.807) is 23.1 Å². The van der Waals surface area contributed by atoms with Crippen LogP contribution in [0, 0.1) is 6.92 Å². The van der Waals surface area contributed by atoms with E-state index in [2.05, 4.69) is 15.5 Å². The van der Waals surface area contributed by atoms with E-state index in [4.69, 9.17) is 0 Å². The lowest BCUT2D eigenvalue weighted by Crippen LogP contribution is -2.27. The Morgan fingerprint density at radius 3 is 2.68 bits per heavy atom. The van der Waals surface area contributed by atoms with E-state index in [1.165, 1.54) is 0 Å². The lowest BCUT2D eigenvalue weighted by atomic mass is 10.3. The van der Waals surface area contributed by atoms with Crippen LogP contribution >= 0.6 is 0 Å². The van der Waals surface area contributed by atoms with Crippen LogP contribution in [0.15, 0.2) is 24.5 Å². The Morgan fingerprint density at radius 1 is 1.26 bits per heavy atom. The summed E-state index contributed by atoms with van der Waals surface area (Å²) in [6, 6.07) is 3.70. The first-order valence-corrected chi connectivity index (χ1v) is 6.50. The van der Waals surface area contributed by atoms with E-state index in [9.17, 15) is 4.79 Å². The van der Waals surface area contributed by atoms with Crippen molar-refractivity contribution in [2.45, 2.75) is 33.4 Å². The molecule has 0 fully saturated rings. The molecule has 2 aromatic rings. The molecule has 2 rings (SSSR count). The summed E-state index contributed by atoms with van der Waals surface area (Å²) in [5.41, 5.74) is 1.74.